The van der Waals surface area contributed by atoms with Gasteiger partial charge >= 0.3 is 5.97 Å². The molecule has 110 valence electrons. The van der Waals surface area contributed by atoms with Crippen LogP contribution >= 0.6 is 31.9 Å². The maximum atomic E-state index is 10.8. The van der Waals surface area contributed by atoms with Crippen LogP contribution in [0.25, 0.3) is 11.3 Å². The molecule has 1 aromatic heterocycles. The molecule has 0 bridgehead atoms. The molecule has 0 aliphatic heterocycles. The van der Waals surface area contributed by atoms with Crippen LogP contribution in [0, 0.1) is 0 Å². The van der Waals surface area contributed by atoms with Gasteiger partial charge in [0.05, 0.1) is 5.69 Å². The largest absolute Gasteiger partial charge is 0.504 e. The molecule has 1 atom stereocenters. The lowest BCUT2D eigenvalue weighted by Crippen LogP contribution is -2.22. The second-order valence-electron chi connectivity index (χ2n) is 4.26. The first-order valence-electron chi connectivity index (χ1n) is 5.92. The van der Waals surface area contributed by atoms with E-state index in [2.05, 4.69) is 36.8 Å². The molecule has 2 N–H and O–H groups in total. The lowest BCUT2D eigenvalue weighted by molar-refractivity contribution is -0.144. The minimum atomic E-state index is -1.10. The van der Waals surface area contributed by atoms with E-state index in [1.807, 2.05) is 6.07 Å². The van der Waals surface area contributed by atoms with Crippen molar-refractivity contribution in [3.8, 4) is 22.8 Å². The van der Waals surface area contributed by atoms with E-state index in [0.717, 1.165) is 8.95 Å². The Kier molecular flexibility index (Phi) is 4.84. The van der Waals surface area contributed by atoms with Crippen LogP contribution in [-0.2, 0) is 4.79 Å². The van der Waals surface area contributed by atoms with Gasteiger partial charge in [0.25, 0.3) is 0 Å². The highest BCUT2D eigenvalue weighted by Gasteiger charge is 2.16. The molecule has 0 amide bonds. The highest BCUT2D eigenvalue weighted by atomic mass is 79.9. The number of aromatic hydroxyl groups is 1. The number of nitrogens with zero attached hydrogens (tertiary/aromatic N) is 1. The summed E-state index contributed by atoms with van der Waals surface area (Å²) >= 11 is 6.72. The predicted molar refractivity (Wildman–Crippen MR) is 84.5 cm³/mol. The van der Waals surface area contributed by atoms with E-state index in [-0.39, 0.29) is 11.5 Å². The third kappa shape index (κ3) is 3.74. The number of pyridine rings is 1. The summed E-state index contributed by atoms with van der Waals surface area (Å²) in [7, 11) is 0. The zero-order valence-electron chi connectivity index (χ0n) is 10.9. The summed E-state index contributed by atoms with van der Waals surface area (Å²) in [5.41, 5.74) is 1.34. The molecule has 5 nitrogen and oxygen atoms in total. The Morgan fingerprint density at radius 1 is 1.33 bits per heavy atom. The van der Waals surface area contributed by atoms with Crippen molar-refractivity contribution in [2.24, 2.45) is 0 Å². The van der Waals surface area contributed by atoms with Crippen molar-refractivity contribution in [1.29, 1.82) is 0 Å². The number of aliphatic carboxylic acids is 1. The molecule has 2 rings (SSSR count). The van der Waals surface area contributed by atoms with Gasteiger partial charge in [-0.05, 0) is 63.0 Å². The van der Waals surface area contributed by atoms with E-state index in [9.17, 15) is 9.90 Å². The van der Waals surface area contributed by atoms with Gasteiger partial charge in [0.1, 0.15) is 0 Å². The Labute approximate surface area is 137 Å². The fraction of sp³-hybridized carbons (Fsp3) is 0.143. The first-order chi connectivity index (χ1) is 9.88. The Morgan fingerprint density at radius 3 is 2.62 bits per heavy atom. The summed E-state index contributed by atoms with van der Waals surface area (Å²) in [6.07, 6.45) is 0.605. The minimum Gasteiger partial charge on any atom is -0.504 e. The van der Waals surface area contributed by atoms with Crippen molar-refractivity contribution < 1.29 is 19.7 Å². The van der Waals surface area contributed by atoms with Gasteiger partial charge in [-0.1, -0.05) is 0 Å². The minimum absolute atomic E-state index is 0.113. The SMILES string of the molecule is CC(Oc1ccc(-c2ncc(Br)cc2Br)cc1O)C(=O)O. The molecule has 7 heteroatoms. The third-order valence-electron chi connectivity index (χ3n) is 2.69. The summed E-state index contributed by atoms with van der Waals surface area (Å²) in [5.74, 6) is -1.13. The fourth-order valence-corrected chi connectivity index (χ4v) is 2.85. The quantitative estimate of drug-likeness (QED) is 0.791. The number of benzene rings is 1. The maximum Gasteiger partial charge on any atom is 0.344 e. The van der Waals surface area contributed by atoms with Crippen LogP contribution in [0.3, 0.4) is 0 Å². The number of aromatic nitrogens is 1. The van der Waals surface area contributed by atoms with Crippen molar-refractivity contribution in [1.82, 2.24) is 4.98 Å². The van der Waals surface area contributed by atoms with Gasteiger partial charge in [0.15, 0.2) is 17.6 Å². The molecule has 0 saturated heterocycles. The molecule has 2 aromatic rings. The van der Waals surface area contributed by atoms with Crippen molar-refractivity contribution in [2.75, 3.05) is 0 Å². The van der Waals surface area contributed by atoms with Crippen molar-refractivity contribution in [3.05, 3.63) is 39.4 Å². The van der Waals surface area contributed by atoms with E-state index < -0.39 is 12.1 Å². The molecule has 1 heterocycles. The van der Waals surface area contributed by atoms with Crippen LogP contribution in [0.15, 0.2) is 39.4 Å². The second-order valence-corrected chi connectivity index (χ2v) is 6.03. The average molecular weight is 417 g/mol. The fourth-order valence-electron chi connectivity index (χ4n) is 1.63. The standard InChI is InChI=1S/C14H11Br2NO4/c1-7(14(19)20)21-12-3-2-8(4-11(12)18)13-10(16)5-9(15)6-17-13/h2-7,18H,1H3,(H,19,20). The Bertz CT molecular complexity index is 691. The van der Waals surface area contributed by atoms with E-state index >= 15 is 0 Å². The molecular formula is C14H11Br2NO4. The van der Waals surface area contributed by atoms with Gasteiger partial charge in [-0.2, -0.15) is 0 Å². The summed E-state index contributed by atoms with van der Waals surface area (Å²) in [6, 6.07) is 6.53. The summed E-state index contributed by atoms with van der Waals surface area (Å²) in [5, 5.41) is 18.8. The number of carbonyl (C=O) groups is 1. The summed E-state index contributed by atoms with van der Waals surface area (Å²) in [6.45, 7) is 1.39. The number of carboxylic acid groups (broad SMARTS) is 1. The normalized spacial score (nSPS) is 12.0. The number of hydrogen-bond acceptors (Lipinski definition) is 4. The first kappa shape index (κ1) is 15.8. The van der Waals surface area contributed by atoms with Gasteiger partial charge in [-0.15, -0.1) is 0 Å². The lowest BCUT2D eigenvalue weighted by Gasteiger charge is -2.13. The zero-order valence-corrected chi connectivity index (χ0v) is 14.1. The molecule has 1 aromatic carbocycles. The molecule has 0 aliphatic carbocycles. The highest BCUT2D eigenvalue weighted by molar-refractivity contribution is 9.11. The molecular weight excluding hydrogens is 406 g/mol. The van der Waals surface area contributed by atoms with E-state index in [0.29, 0.717) is 11.3 Å². The molecule has 21 heavy (non-hydrogen) atoms. The molecule has 0 radical (unpaired) electrons. The van der Waals surface area contributed by atoms with Crippen molar-refractivity contribution >= 4 is 37.8 Å². The molecule has 0 fully saturated rings. The third-order valence-corrected chi connectivity index (χ3v) is 3.73. The number of phenols is 1. The number of phenolic OH excluding ortho intramolecular Hbond substituents is 1. The number of hydrogen-bond donors (Lipinski definition) is 2. The average Bonchev–Trinajstić information content (AvgIpc) is 2.41. The van der Waals surface area contributed by atoms with Crippen LogP contribution in [0.4, 0.5) is 0 Å². The van der Waals surface area contributed by atoms with Crippen LogP contribution in [0.5, 0.6) is 11.5 Å². The first-order valence-corrected chi connectivity index (χ1v) is 7.51. The second kappa shape index (κ2) is 6.44. The lowest BCUT2D eigenvalue weighted by atomic mass is 10.1. The van der Waals surface area contributed by atoms with Gasteiger partial charge in [-0.3, -0.25) is 4.98 Å². The zero-order chi connectivity index (χ0) is 15.6. The van der Waals surface area contributed by atoms with Gasteiger partial charge in [0.2, 0.25) is 0 Å². The van der Waals surface area contributed by atoms with Gasteiger partial charge in [-0.25, -0.2) is 4.79 Å². The number of carboxylic acids is 1. The maximum absolute atomic E-state index is 10.8. The molecule has 0 spiro atoms. The van der Waals surface area contributed by atoms with Crippen LogP contribution in [0.2, 0.25) is 0 Å². The Hall–Kier alpha value is -1.60. The number of halogens is 2. The Morgan fingerprint density at radius 2 is 2.05 bits per heavy atom. The predicted octanol–water partition coefficient (Wildman–Crippen LogP) is 3.83. The van der Waals surface area contributed by atoms with Gasteiger partial charge in [0, 0.05) is 20.7 Å². The number of rotatable bonds is 4. The van der Waals surface area contributed by atoms with Crippen LogP contribution in [0.1, 0.15) is 6.92 Å². The highest BCUT2D eigenvalue weighted by Crippen LogP contribution is 2.34. The summed E-state index contributed by atoms with van der Waals surface area (Å²) in [4.78, 5) is 15.0. The topological polar surface area (TPSA) is 79.7 Å². The van der Waals surface area contributed by atoms with E-state index in [1.165, 1.54) is 19.1 Å². The van der Waals surface area contributed by atoms with Crippen molar-refractivity contribution in [2.45, 2.75) is 13.0 Å². The monoisotopic (exact) mass is 415 g/mol. The van der Waals surface area contributed by atoms with E-state index in [1.54, 1.807) is 12.3 Å². The Balaban J connectivity index is 2.32. The van der Waals surface area contributed by atoms with Crippen LogP contribution < -0.4 is 4.74 Å². The summed E-state index contributed by atoms with van der Waals surface area (Å²) < 4.78 is 6.76. The van der Waals surface area contributed by atoms with Crippen molar-refractivity contribution in [3.63, 3.8) is 0 Å². The number of ether oxygens (including phenoxy) is 1. The smallest absolute Gasteiger partial charge is 0.344 e. The molecule has 1 unspecified atom stereocenters. The molecule has 0 saturated carbocycles. The van der Waals surface area contributed by atoms with E-state index in [4.69, 9.17) is 9.84 Å². The van der Waals surface area contributed by atoms with Crippen LogP contribution in [-0.4, -0.2) is 27.3 Å². The van der Waals surface area contributed by atoms with Gasteiger partial charge < -0.3 is 14.9 Å². The molecule has 0 aliphatic rings.